The van der Waals surface area contributed by atoms with Gasteiger partial charge in [0, 0.05) is 31.2 Å². The molecule has 0 bridgehead atoms. The molecule has 0 radical (unpaired) electrons. The third kappa shape index (κ3) is 3.65. The maximum Gasteiger partial charge on any atom is 0.309 e. The minimum atomic E-state index is -0.929. The lowest BCUT2D eigenvalue weighted by molar-refractivity contribution is -0.137. The number of carbonyl (C=O) groups excluding carboxylic acids is 2. The normalized spacial score (nSPS) is 18.2. The molecule has 2 aromatic rings. The summed E-state index contributed by atoms with van der Waals surface area (Å²) in [6.07, 6.45) is 2.81. The molecule has 1 aliphatic heterocycles. The Hall–Kier alpha value is -2.47. The van der Waals surface area contributed by atoms with Gasteiger partial charge >= 0.3 is 11.8 Å². The van der Waals surface area contributed by atoms with E-state index in [0.29, 0.717) is 12.5 Å². The predicted octanol–water partition coefficient (Wildman–Crippen LogP) is 0.658. The number of rotatable bonds is 4. The van der Waals surface area contributed by atoms with Crippen molar-refractivity contribution in [1.29, 1.82) is 0 Å². The number of para-hydroxylation sites is 1. The van der Waals surface area contributed by atoms with Crippen LogP contribution < -0.4 is 11.1 Å². The number of hydrogen-bond acceptors (Lipinski definition) is 4. The van der Waals surface area contributed by atoms with Gasteiger partial charge in [-0.1, -0.05) is 24.3 Å². The lowest BCUT2D eigenvalue weighted by atomic mass is 10.1. The molecule has 3 N–H and O–H groups in total. The first-order valence-electron chi connectivity index (χ1n) is 7.76. The van der Waals surface area contributed by atoms with Gasteiger partial charge in [-0.2, -0.15) is 0 Å². The van der Waals surface area contributed by atoms with Gasteiger partial charge in [-0.3, -0.25) is 19.5 Å². The highest BCUT2D eigenvalue weighted by Crippen LogP contribution is 2.22. The summed E-state index contributed by atoms with van der Waals surface area (Å²) in [7, 11) is 0. The Bertz CT molecular complexity index is 726. The van der Waals surface area contributed by atoms with E-state index in [-0.39, 0.29) is 0 Å². The Balaban J connectivity index is 1.59. The Morgan fingerprint density at radius 2 is 2.13 bits per heavy atom. The number of hydrogen-bond donors (Lipinski definition) is 2. The minimum Gasteiger partial charge on any atom is -0.361 e. The van der Waals surface area contributed by atoms with E-state index in [2.05, 4.69) is 39.5 Å². The van der Waals surface area contributed by atoms with Gasteiger partial charge in [-0.05, 0) is 30.5 Å². The van der Waals surface area contributed by atoms with Crippen LogP contribution in [0.2, 0.25) is 0 Å². The molecule has 23 heavy (non-hydrogen) atoms. The van der Waals surface area contributed by atoms with Crippen LogP contribution in [0.3, 0.4) is 0 Å². The summed E-state index contributed by atoms with van der Waals surface area (Å²) >= 11 is 0. The van der Waals surface area contributed by atoms with Crippen LogP contribution in [-0.2, 0) is 16.1 Å². The largest absolute Gasteiger partial charge is 0.361 e. The van der Waals surface area contributed by atoms with E-state index < -0.39 is 11.8 Å². The monoisotopic (exact) mass is 312 g/mol. The van der Waals surface area contributed by atoms with E-state index in [0.717, 1.165) is 37.0 Å². The molecule has 2 heterocycles. The van der Waals surface area contributed by atoms with Crippen molar-refractivity contribution in [2.24, 2.45) is 11.7 Å². The summed E-state index contributed by atoms with van der Waals surface area (Å²) in [6, 6.07) is 10.2. The lowest BCUT2D eigenvalue weighted by Gasteiger charge is -2.17. The zero-order chi connectivity index (χ0) is 16.2. The summed E-state index contributed by atoms with van der Waals surface area (Å²) in [4.78, 5) is 28.8. The zero-order valence-electron chi connectivity index (χ0n) is 12.9. The molecule has 0 saturated carbocycles. The highest BCUT2D eigenvalue weighted by atomic mass is 16.2. The van der Waals surface area contributed by atoms with E-state index in [9.17, 15) is 9.59 Å². The van der Waals surface area contributed by atoms with Gasteiger partial charge in [0.2, 0.25) is 0 Å². The SMILES string of the molecule is NC(=O)C(=O)NC[C@H]1CCN(Cc2cccc3cccnc23)C1. The number of nitrogens with two attached hydrogens (primary N) is 1. The van der Waals surface area contributed by atoms with E-state index in [1.165, 1.54) is 5.56 Å². The fourth-order valence-corrected chi connectivity index (χ4v) is 3.08. The number of amides is 2. The van der Waals surface area contributed by atoms with Crippen molar-refractivity contribution < 1.29 is 9.59 Å². The van der Waals surface area contributed by atoms with Crippen molar-refractivity contribution in [2.45, 2.75) is 13.0 Å². The predicted molar refractivity (Wildman–Crippen MR) is 87.3 cm³/mol. The number of nitrogens with zero attached hydrogens (tertiary/aromatic N) is 2. The molecule has 1 aliphatic rings. The van der Waals surface area contributed by atoms with Gasteiger partial charge in [-0.15, -0.1) is 0 Å². The van der Waals surface area contributed by atoms with Gasteiger partial charge in [-0.25, -0.2) is 0 Å². The van der Waals surface area contributed by atoms with Crippen LogP contribution in [0, 0.1) is 5.92 Å². The Morgan fingerprint density at radius 3 is 2.96 bits per heavy atom. The number of likely N-dealkylation sites (tertiary alicyclic amines) is 1. The maximum absolute atomic E-state index is 11.2. The second kappa shape index (κ2) is 6.75. The molecule has 2 amide bonds. The second-order valence-electron chi connectivity index (χ2n) is 5.96. The average molecular weight is 312 g/mol. The van der Waals surface area contributed by atoms with Crippen LogP contribution in [0.4, 0.5) is 0 Å². The molecule has 6 heteroatoms. The number of primary amides is 1. The van der Waals surface area contributed by atoms with Crippen LogP contribution in [0.1, 0.15) is 12.0 Å². The molecule has 1 fully saturated rings. The maximum atomic E-state index is 11.2. The molecule has 3 rings (SSSR count). The minimum absolute atomic E-state index is 0.348. The summed E-state index contributed by atoms with van der Waals surface area (Å²) in [5.41, 5.74) is 7.19. The third-order valence-electron chi connectivity index (χ3n) is 4.26. The Kier molecular flexibility index (Phi) is 4.52. The average Bonchev–Trinajstić information content (AvgIpc) is 3.00. The first-order chi connectivity index (χ1) is 11.1. The fraction of sp³-hybridized carbons (Fsp3) is 0.353. The first kappa shape index (κ1) is 15.4. The molecule has 1 aromatic carbocycles. The van der Waals surface area contributed by atoms with Crippen LogP contribution in [-0.4, -0.2) is 41.3 Å². The molecular weight excluding hydrogens is 292 g/mol. The summed E-state index contributed by atoms with van der Waals surface area (Å²) < 4.78 is 0. The molecule has 1 aromatic heterocycles. The highest BCUT2D eigenvalue weighted by molar-refractivity contribution is 6.34. The van der Waals surface area contributed by atoms with Crippen LogP contribution in [0.25, 0.3) is 10.9 Å². The molecule has 0 unspecified atom stereocenters. The molecule has 1 saturated heterocycles. The van der Waals surface area contributed by atoms with E-state index >= 15 is 0 Å². The number of nitrogens with one attached hydrogen (secondary N) is 1. The van der Waals surface area contributed by atoms with Crippen molar-refractivity contribution in [3.05, 3.63) is 42.1 Å². The fourth-order valence-electron chi connectivity index (χ4n) is 3.08. The number of benzene rings is 1. The van der Waals surface area contributed by atoms with Crippen molar-refractivity contribution in [3.8, 4) is 0 Å². The van der Waals surface area contributed by atoms with Gasteiger partial charge in [0.25, 0.3) is 0 Å². The summed E-state index contributed by atoms with van der Waals surface area (Å²) in [6.45, 7) is 3.20. The van der Waals surface area contributed by atoms with Gasteiger partial charge < -0.3 is 11.1 Å². The van der Waals surface area contributed by atoms with E-state index in [4.69, 9.17) is 5.73 Å². The quantitative estimate of drug-likeness (QED) is 0.812. The lowest BCUT2D eigenvalue weighted by Crippen LogP contribution is -2.39. The van der Waals surface area contributed by atoms with Crippen molar-refractivity contribution >= 4 is 22.7 Å². The number of fused-ring (bicyclic) bond motifs is 1. The molecule has 1 atom stereocenters. The summed E-state index contributed by atoms with van der Waals surface area (Å²) in [5.74, 6) is -1.29. The first-order valence-corrected chi connectivity index (χ1v) is 7.76. The van der Waals surface area contributed by atoms with Crippen molar-refractivity contribution in [2.75, 3.05) is 19.6 Å². The number of aromatic nitrogens is 1. The van der Waals surface area contributed by atoms with E-state index in [1.807, 2.05) is 12.3 Å². The number of carbonyl (C=O) groups is 2. The smallest absolute Gasteiger partial charge is 0.309 e. The molecule has 0 spiro atoms. The van der Waals surface area contributed by atoms with Crippen molar-refractivity contribution in [1.82, 2.24) is 15.2 Å². The van der Waals surface area contributed by atoms with Gasteiger partial charge in [0.1, 0.15) is 0 Å². The Morgan fingerprint density at radius 1 is 1.30 bits per heavy atom. The molecule has 6 nitrogen and oxygen atoms in total. The molecule has 120 valence electrons. The standard InChI is InChI=1S/C17H20N4O2/c18-16(22)17(23)20-9-12-6-8-21(10-12)11-14-4-1-3-13-5-2-7-19-15(13)14/h1-5,7,12H,6,8-11H2,(H2,18,22)(H,20,23)/t12-/m1/s1. The van der Waals surface area contributed by atoms with Gasteiger partial charge in [0.15, 0.2) is 0 Å². The third-order valence-corrected chi connectivity index (χ3v) is 4.26. The number of pyridine rings is 1. The highest BCUT2D eigenvalue weighted by Gasteiger charge is 2.24. The Labute approximate surface area is 134 Å². The summed E-state index contributed by atoms with van der Waals surface area (Å²) in [5, 5.41) is 3.73. The van der Waals surface area contributed by atoms with Gasteiger partial charge in [0.05, 0.1) is 5.52 Å². The van der Waals surface area contributed by atoms with Crippen LogP contribution >= 0.6 is 0 Å². The van der Waals surface area contributed by atoms with Crippen LogP contribution in [0.5, 0.6) is 0 Å². The van der Waals surface area contributed by atoms with Crippen molar-refractivity contribution in [3.63, 3.8) is 0 Å². The zero-order valence-corrected chi connectivity index (χ0v) is 12.9. The second-order valence-corrected chi connectivity index (χ2v) is 5.96. The molecular formula is C17H20N4O2. The van der Waals surface area contributed by atoms with E-state index in [1.54, 1.807) is 0 Å². The van der Waals surface area contributed by atoms with Crippen LogP contribution in [0.15, 0.2) is 36.5 Å². The topological polar surface area (TPSA) is 88.3 Å². The molecule has 0 aliphatic carbocycles.